The van der Waals surface area contributed by atoms with Crippen molar-refractivity contribution in [3.63, 3.8) is 0 Å². The van der Waals surface area contributed by atoms with Crippen LogP contribution in [-0.2, 0) is 4.79 Å². The highest BCUT2D eigenvalue weighted by Crippen LogP contribution is 2.60. The van der Waals surface area contributed by atoms with E-state index < -0.39 is 0 Å². The highest BCUT2D eigenvalue weighted by molar-refractivity contribution is 5.89. The van der Waals surface area contributed by atoms with Crippen LogP contribution in [0.15, 0.2) is 24.3 Å². The number of amides is 3. The van der Waals surface area contributed by atoms with Gasteiger partial charge < -0.3 is 15.5 Å². The minimum Gasteiger partial charge on any atom is -0.353 e. The van der Waals surface area contributed by atoms with Gasteiger partial charge >= 0.3 is 6.03 Å². The van der Waals surface area contributed by atoms with Crippen molar-refractivity contribution < 1.29 is 14.0 Å². The molecule has 5 fully saturated rings. The van der Waals surface area contributed by atoms with E-state index in [0.29, 0.717) is 18.8 Å². The van der Waals surface area contributed by atoms with Gasteiger partial charge in [-0.05, 0) is 93.4 Å². The van der Waals surface area contributed by atoms with E-state index >= 15 is 0 Å². The van der Waals surface area contributed by atoms with Crippen LogP contribution in [0, 0.1) is 29.0 Å². The molecule has 6 rings (SSSR count). The molecule has 0 atom stereocenters. The molecule has 0 unspecified atom stereocenters. The number of piperidine rings is 1. The van der Waals surface area contributed by atoms with Crippen molar-refractivity contribution in [2.75, 3.05) is 18.4 Å². The number of nitrogens with zero attached hydrogens (tertiary/aromatic N) is 1. The summed E-state index contributed by atoms with van der Waals surface area (Å²) in [6, 6.07) is 5.79. The third kappa shape index (κ3) is 3.74. The third-order valence-electron chi connectivity index (χ3n) is 7.73. The Morgan fingerprint density at radius 2 is 1.48 bits per heavy atom. The molecule has 4 aliphatic carbocycles. The van der Waals surface area contributed by atoms with E-state index in [0.717, 1.165) is 49.9 Å². The highest BCUT2D eigenvalue weighted by atomic mass is 19.1. The molecule has 1 aromatic rings. The molecule has 0 spiro atoms. The van der Waals surface area contributed by atoms with E-state index in [1.807, 2.05) is 0 Å². The Hall–Kier alpha value is -2.11. The summed E-state index contributed by atoms with van der Waals surface area (Å²) in [5.41, 5.74) is 0.486. The Labute approximate surface area is 171 Å². The lowest BCUT2D eigenvalue weighted by atomic mass is 9.49. The molecule has 2 N–H and O–H groups in total. The number of hydrogen-bond donors (Lipinski definition) is 2. The number of anilines is 1. The van der Waals surface area contributed by atoms with Crippen molar-refractivity contribution >= 4 is 17.6 Å². The van der Waals surface area contributed by atoms with Crippen LogP contribution in [-0.4, -0.2) is 36.0 Å². The monoisotopic (exact) mass is 399 g/mol. The number of benzene rings is 1. The number of likely N-dealkylation sites (tertiary alicyclic amines) is 1. The first-order valence-electron chi connectivity index (χ1n) is 11.1. The predicted molar refractivity (Wildman–Crippen MR) is 109 cm³/mol. The van der Waals surface area contributed by atoms with Gasteiger partial charge in [0.15, 0.2) is 0 Å². The Balaban J connectivity index is 1.13. The van der Waals surface area contributed by atoms with Crippen molar-refractivity contribution in [2.45, 2.75) is 57.4 Å². The largest absolute Gasteiger partial charge is 0.353 e. The summed E-state index contributed by atoms with van der Waals surface area (Å²) in [6.07, 6.45) is 8.86. The van der Waals surface area contributed by atoms with Crippen LogP contribution in [0.4, 0.5) is 14.9 Å². The maximum atomic E-state index is 13.2. The molecule has 29 heavy (non-hydrogen) atoms. The second-order valence-corrected chi connectivity index (χ2v) is 9.87. The zero-order valence-corrected chi connectivity index (χ0v) is 16.8. The first-order valence-corrected chi connectivity index (χ1v) is 11.1. The predicted octanol–water partition coefficient (Wildman–Crippen LogP) is 4.15. The molecule has 1 heterocycles. The van der Waals surface area contributed by atoms with Gasteiger partial charge in [0.2, 0.25) is 5.91 Å². The summed E-state index contributed by atoms with van der Waals surface area (Å²) in [6.45, 7) is 1.25. The maximum absolute atomic E-state index is 13.2. The Kier molecular flexibility index (Phi) is 4.75. The van der Waals surface area contributed by atoms with E-state index in [4.69, 9.17) is 0 Å². The number of urea groups is 1. The lowest BCUT2D eigenvalue weighted by Crippen LogP contribution is -2.56. The molecule has 1 aliphatic heterocycles. The second-order valence-electron chi connectivity index (χ2n) is 9.87. The van der Waals surface area contributed by atoms with Gasteiger partial charge in [0.25, 0.3) is 0 Å². The van der Waals surface area contributed by atoms with Crippen LogP contribution in [0.2, 0.25) is 0 Å². The highest BCUT2D eigenvalue weighted by Gasteiger charge is 2.54. The first kappa shape index (κ1) is 18.9. The molecule has 4 bridgehead atoms. The minimum absolute atomic E-state index is 0.105. The summed E-state index contributed by atoms with van der Waals surface area (Å²) >= 11 is 0. The molecule has 1 aromatic carbocycles. The van der Waals surface area contributed by atoms with Crippen molar-refractivity contribution in [1.82, 2.24) is 10.2 Å². The van der Waals surface area contributed by atoms with Gasteiger partial charge in [-0.15, -0.1) is 0 Å². The number of nitrogens with one attached hydrogen (secondary N) is 2. The van der Waals surface area contributed by atoms with Crippen LogP contribution in [0.5, 0.6) is 0 Å². The Bertz CT molecular complexity index is 751. The van der Waals surface area contributed by atoms with Crippen LogP contribution in [0.3, 0.4) is 0 Å². The summed E-state index contributed by atoms with van der Waals surface area (Å²) < 4.78 is 13.0. The Morgan fingerprint density at radius 3 is 2.03 bits per heavy atom. The molecule has 6 heteroatoms. The van der Waals surface area contributed by atoms with Gasteiger partial charge in [-0.1, -0.05) is 0 Å². The standard InChI is InChI=1S/C23H30FN3O2/c24-18-1-3-19(4-2-18)26-22(29)27-7-5-20(6-8-27)25-21(28)23-12-15-9-16(13-23)11-17(10-15)14-23/h1-4,15-17,20H,5-14H2,(H,25,28)(H,26,29). The molecular weight excluding hydrogens is 369 g/mol. The molecule has 156 valence electrons. The van der Waals surface area contributed by atoms with Gasteiger partial charge in [0, 0.05) is 30.2 Å². The van der Waals surface area contributed by atoms with E-state index in [-0.39, 0.29) is 29.2 Å². The average Bonchev–Trinajstić information content (AvgIpc) is 2.69. The summed E-state index contributed by atoms with van der Waals surface area (Å²) in [5.74, 6) is 2.27. The van der Waals surface area contributed by atoms with Crippen molar-refractivity contribution in [2.24, 2.45) is 23.2 Å². The lowest BCUT2D eigenvalue weighted by Gasteiger charge is -2.56. The van der Waals surface area contributed by atoms with Gasteiger partial charge in [0.1, 0.15) is 5.82 Å². The third-order valence-corrected chi connectivity index (χ3v) is 7.73. The van der Waals surface area contributed by atoms with Crippen LogP contribution >= 0.6 is 0 Å². The average molecular weight is 400 g/mol. The molecule has 5 nitrogen and oxygen atoms in total. The molecule has 1 saturated heterocycles. The first-order chi connectivity index (χ1) is 14.0. The van der Waals surface area contributed by atoms with E-state index in [9.17, 15) is 14.0 Å². The number of halogens is 1. The van der Waals surface area contributed by atoms with Gasteiger partial charge in [0.05, 0.1) is 0 Å². The molecule has 3 amide bonds. The van der Waals surface area contributed by atoms with Crippen molar-refractivity contribution in [1.29, 1.82) is 0 Å². The SMILES string of the molecule is O=C(Nc1ccc(F)cc1)N1CCC(NC(=O)C23CC4CC(CC(C4)C2)C3)CC1. The normalized spacial score (nSPS) is 33.6. The summed E-state index contributed by atoms with van der Waals surface area (Å²) in [4.78, 5) is 27.4. The van der Waals surface area contributed by atoms with Crippen LogP contribution in [0.1, 0.15) is 51.4 Å². The van der Waals surface area contributed by atoms with Crippen LogP contribution in [0.25, 0.3) is 0 Å². The summed E-state index contributed by atoms with van der Waals surface area (Å²) in [5, 5.41) is 6.17. The number of carbonyl (C=O) groups excluding carboxylic acids is 2. The van der Waals surface area contributed by atoms with Gasteiger partial charge in [-0.3, -0.25) is 4.79 Å². The van der Waals surface area contributed by atoms with Crippen molar-refractivity contribution in [3.05, 3.63) is 30.1 Å². The molecule has 5 aliphatic rings. The summed E-state index contributed by atoms with van der Waals surface area (Å²) in [7, 11) is 0. The minimum atomic E-state index is -0.321. The zero-order chi connectivity index (χ0) is 20.0. The molecule has 0 aromatic heterocycles. The van der Waals surface area contributed by atoms with Crippen LogP contribution < -0.4 is 10.6 Å². The van der Waals surface area contributed by atoms with E-state index in [1.165, 1.54) is 31.4 Å². The van der Waals surface area contributed by atoms with E-state index in [1.54, 1.807) is 17.0 Å². The maximum Gasteiger partial charge on any atom is 0.321 e. The number of rotatable bonds is 3. The van der Waals surface area contributed by atoms with Crippen molar-refractivity contribution in [3.8, 4) is 0 Å². The molecule has 4 saturated carbocycles. The lowest BCUT2D eigenvalue weighted by molar-refractivity contribution is -0.147. The fourth-order valence-electron chi connectivity index (χ4n) is 6.69. The number of carbonyl (C=O) groups is 2. The Morgan fingerprint density at radius 1 is 0.931 bits per heavy atom. The quantitative estimate of drug-likeness (QED) is 0.802. The van der Waals surface area contributed by atoms with E-state index in [2.05, 4.69) is 10.6 Å². The molecule has 0 radical (unpaired) electrons. The second kappa shape index (κ2) is 7.29. The topological polar surface area (TPSA) is 61.4 Å². The van der Waals surface area contributed by atoms with Gasteiger partial charge in [-0.2, -0.15) is 0 Å². The zero-order valence-electron chi connectivity index (χ0n) is 16.8. The smallest absolute Gasteiger partial charge is 0.321 e. The number of hydrogen-bond acceptors (Lipinski definition) is 2. The van der Waals surface area contributed by atoms with Gasteiger partial charge in [-0.25, -0.2) is 9.18 Å². The fraction of sp³-hybridized carbons (Fsp3) is 0.652. The molecular formula is C23H30FN3O2. The fourth-order valence-corrected chi connectivity index (χ4v) is 6.69.